The Labute approximate surface area is 213 Å². The summed E-state index contributed by atoms with van der Waals surface area (Å²) in [6.45, 7) is 1.09. The molecule has 2 aliphatic heterocycles. The van der Waals surface area contributed by atoms with Gasteiger partial charge in [0.2, 0.25) is 0 Å². The van der Waals surface area contributed by atoms with Crippen molar-refractivity contribution in [3.05, 3.63) is 41.4 Å². The van der Waals surface area contributed by atoms with Crippen LogP contribution in [-0.2, 0) is 19.4 Å². The summed E-state index contributed by atoms with van der Waals surface area (Å²) in [5.41, 5.74) is 0. The lowest BCUT2D eigenvalue weighted by atomic mass is 10.0. The number of fused-ring (bicyclic) bond motifs is 1. The molecule has 4 rings (SSSR count). The maximum Gasteiger partial charge on any atom is 0.323 e. The summed E-state index contributed by atoms with van der Waals surface area (Å²) in [5, 5.41) is 21.5. The molecule has 0 aliphatic carbocycles. The Balaban J connectivity index is 1.35. The fourth-order valence-corrected chi connectivity index (χ4v) is 6.34. The number of aliphatic hydroxyl groups is 1. The van der Waals surface area contributed by atoms with Gasteiger partial charge in [0.1, 0.15) is 12.6 Å². The molecule has 2 aromatic rings. The van der Waals surface area contributed by atoms with Crippen LogP contribution in [0.15, 0.2) is 41.3 Å². The number of aliphatic hydroxyl groups excluding tert-OH is 1. The van der Waals surface area contributed by atoms with Crippen molar-refractivity contribution in [2.45, 2.75) is 36.3 Å². The SMILES string of the molecule is O=C(O)CN1CCCN(C2CCN(C(=O)[C@H](O)CS(=O)(=O)c3ccc4cc(Cl)ccc4c3)CC2)C1=O. The van der Waals surface area contributed by atoms with Crippen LogP contribution in [0.2, 0.25) is 5.02 Å². The number of carboxylic acids is 1. The van der Waals surface area contributed by atoms with Gasteiger partial charge in [0.15, 0.2) is 9.84 Å². The number of sulfone groups is 1. The first kappa shape index (κ1) is 26.2. The number of rotatable bonds is 7. The Morgan fingerprint density at radius 3 is 2.39 bits per heavy atom. The second kappa shape index (κ2) is 10.6. The van der Waals surface area contributed by atoms with Crippen LogP contribution in [0.5, 0.6) is 0 Å². The highest BCUT2D eigenvalue weighted by atomic mass is 35.5. The van der Waals surface area contributed by atoms with Crippen LogP contribution >= 0.6 is 11.6 Å². The van der Waals surface area contributed by atoms with Gasteiger partial charge < -0.3 is 24.9 Å². The van der Waals surface area contributed by atoms with Crippen LogP contribution in [0.1, 0.15) is 19.3 Å². The molecule has 2 saturated heterocycles. The van der Waals surface area contributed by atoms with Crippen molar-refractivity contribution >= 4 is 50.1 Å². The van der Waals surface area contributed by atoms with Gasteiger partial charge in [-0.3, -0.25) is 9.59 Å². The van der Waals surface area contributed by atoms with Crippen molar-refractivity contribution in [3.63, 3.8) is 0 Å². The minimum atomic E-state index is -3.93. The number of carboxylic acid groups (broad SMARTS) is 1. The van der Waals surface area contributed by atoms with E-state index in [1.54, 1.807) is 29.2 Å². The molecule has 2 aromatic carbocycles. The van der Waals surface area contributed by atoms with Gasteiger partial charge in [-0.15, -0.1) is 0 Å². The van der Waals surface area contributed by atoms with Crippen LogP contribution in [0.3, 0.4) is 0 Å². The van der Waals surface area contributed by atoms with E-state index in [1.807, 2.05) is 0 Å². The molecule has 0 radical (unpaired) electrons. The molecule has 3 amide bonds. The molecule has 10 nitrogen and oxygen atoms in total. The highest BCUT2D eigenvalue weighted by Gasteiger charge is 2.36. The first-order chi connectivity index (χ1) is 17.0. The van der Waals surface area contributed by atoms with Crippen LogP contribution in [-0.4, -0.2) is 102 Å². The van der Waals surface area contributed by atoms with E-state index in [-0.39, 0.29) is 36.6 Å². The van der Waals surface area contributed by atoms with E-state index in [0.29, 0.717) is 42.8 Å². The normalized spacial score (nSPS) is 18.5. The predicted molar refractivity (Wildman–Crippen MR) is 133 cm³/mol. The third-order valence-electron chi connectivity index (χ3n) is 6.68. The lowest BCUT2D eigenvalue weighted by Gasteiger charge is -2.43. The third kappa shape index (κ3) is 5.74. The Morgan fingerprint density at radius 1 is 1.03 bits per heavy atom. The molecule has 0 saturated carbocycles. The van der Waals surface area contributed by atoms with E-state index in [4.69, 9.17) is 16.7 Å². The minimum Gasteiger partial charge on any atom is -0.480 e. The molecule has 2 fully saturated rings. The number of halogens is 1. The molecule has 2 N–H and O–H groups in total. The summed E-state index contributed by atoms with van der Waals surface area (Å²) in [6.07, 6.45) is -0.123. The summed E-state index contributed by atoms with van der Waals surface area (Å²) in [5.74, 6) is -2.47. The van der Waals surface area contributed by atoms with Gasteiger partial charge in [-0.2, -0.15) is 0 Å². The number of hydrogen-bond acceptors (Lipinski definition) is 6. The summed E-state index contributed by atoms with van der Waals surface area (Å²) >= 11 is 5.97. The first-order valence-corrected chi connectivity index (χ1v) is 13.7. The van der Waals surface area contributed by atoms with Gasteiger partial charge >= 0.3 is 12.0 Å². The Hall–Kier alpha value is -2.89. The van der Waals surface area contributed by atoms with Crippen LogP contribution in [0.4, 0.5) is 4.79 Å². The van der Waals surface area contributed by atoms with Crippen molar-refractivity contribution in [2.75, 3.05) is 38.5 Å². The fraction of sp³-hybridized carbons (Fsp3) is 0.458. The van der Waals surface area contributed by atoms with Crippen molar-refractivity contribution in [1.29, 1.82) is 0 Å². The van der Waals surface area contributed by atoms with Crippen LogP contribution in [0, 0.1) is 0 Å². The molecule has 2 aliphatic rings. The first-order valence-electron chi connectivity index (χ1n) is 11.7. The average molecular weight is 538 g/mol. The second-order valence-corrected chi connectivity index (χ2v) is 11.6. The second-order valence-electron chi connectivity index (χ2n) is 9.15. The van der Waals surface area contributed by atoms with E-state index in [9.17, 15) is 27.9 Å². The quantitative estimate of drug-likeness (QED) is 0.550. The largest absolute Gasteiger partial charge is 0.480 e. The Bertz CT molecular complexity index is 1280. The van der Waals surface area contributed by atoms with E-state index in [2.05, 4.69) is 0 Å². The standard InChI is InChI=1S/C24H28ClN3O7S/c25-18-4-2-17-13-20(5-3-16(17)12-18)36(34,35)15-21(29)23(32)26-10-6-19(7-11-26)28-9-1-8-27(24(28)33)14-22(30)31/h2-5,12-13,19,21,29H,1,6-11,14-15H2,(H,30,31)/t21-/m1/s1. The molecule has 1 atom stereocenters. The van der Waals surface area contributed by atoms with E-state index < -0.39 is 33.6 Å². The van der Waals surface area contributed by atoms with Gasteiger partial charge in [-0.05, 0) is 54.3 Å². The van der Waals surface area contributed by atoms with Gasteiger partial charge in [0.25, 0.3) is 5.91 Å². The zero-order valence-electron chi connectivity index (χ0n) is 19.5. The van der Waals surface area contributed by atoms with Crippen molar-refractivity contribution in [1.82, 2.24) is 14.7 Å². The number of amides is 3. The number of aliphatic carboxylic acids is 1. The number of carbonyl (C=O) groups excluding carboxylic acids is 2. The minimum absolute atomic E-state index is 0.0115. The lowest BCUT2D eigenvalue weighted by molar-refractivity contribution is -0.141. The summed E-state index contributed by atoms with van der Waals surface area (Å²) in [7, 11) is -3.93. The molecule has 12 heteroatoms. The van der Waals surface area contributed by atoms with E-state index >= 15 is 0 Å². The number of carbonyl (C=O) groups is 3. The summed E-state index contributed by atoms with van der Waals surface area (Å²) in [6, 6.07) is 9.16. The molecule has 0 bridgehead atoms. The highest BCUT2D eigenvalue weighted by Crippen LogP contribution is 2.25. The third-order valence-corrected chi connectivity index (χ3v) is 8.64. The van der Waals surface area contributed by atoms with Crippen LogP contribution < -0.4 is 0 Å². The highest BCUT2D eigenvalue weighted by molar-refractivity contribution is 7.91. The average Bonchev–Trinajstić information content (AvgIpc) is 2.84. The number of hydrogen-bond donors (Lipinski definition) is 2. The molecule has 194 valence electrons. The van der Waals surface area contributed by atoms with Crippen LogP contribution in [0.25, 0.3) is 10.8 Å². The predicted octanol–water partition coefficient (Wildman–Crippen LogP) is 1.83. The fourth-order valence-electron chi connectivity index (χ4n) is 4.83. The monoisotopic (exact) mass is 537 g/mol. The maximum atomic E-state index is 12.9. The number of benzene rings is 2. The zero-order valence-corrected chi connectivity index (χ0v) is 21.1. The number of piperidine rings is 1. The molecular weight excluding hydrogens is 510 g/mol. The maximum absolute atomic E-state index is 12.9. The Morgan fingerprint density at radius 2 is 1.69 bits per heavy atom. The van der Waals surface area contributed by atoms with Gasteiger partial charge in [0.05, 0.1) is 10.6 Å². The summed E-state index contributed by atoms with van der Waals surface area (Å²) in [4.78, 5) is 40.9. The lowest BCUT2D eigenvalue weighted by Crippen LogP contribution is -2.57. The topological polar surface area (TPSA) is 136 Å². The molecule has 0 spiro atoms. The Kier molecular flexibility index (Phi) is 7.72. The van der Waals surface area contributed by atoms with E-state index in [0.717, 1.165) is 5.39 Å². The smallest absolute Gasteiger partial charge is 0.323 e. The van der Waals surface area contributed by atoms with Gasteiger partial charge in [0, 0.05) is 37.2 Å². The number of nitrogens with zero attached hydrogens (tertiary/aromatic N) is 3. The molecular formula is C24H28ClN3O7S. The molecule has 0 aromatic heterocycles. The molecule has 36 heavy (non-hydrogen) atoms. The number of likely N-dealkylation sites (tertiary alicyclic amines) is 1. The van der Waals surface area contributed by atoms with Crippen molar-refractivity contribution < 1.29 is 33.0 Å². The summed E-state index contributed by atoms with van der Waals surface area (Å²) < 4.78 is 25.8. The van der Waals surface area contributed by atoms with Gasteiger partial charge in [-0.25, -0.2) is 13.2 Å². The number of urea groups is 1. The zero-order chi connectivity index (χ0) is 26.0. The van der Waals surface area contributed by atoms with Crippen molar-refractivity contribution in [2.24, 2.45) is 0 Å². The molecule has 2 heterocycles. The van der Waals surface area contributed by atoms with Crippen molar-refractivity contribution in [3.8, 4) is 0 Å². The van der Waals surface area contributed by atoms with Gasteiger partial charge in [-0.1, -0.05) is 23.7 Å². The van der Waals surface area contributed by atoms with E-state index in [1.165, 1.54) is 21.9 Å². The molecule has 0 unspecified atom stereocenters.